The van der Waals surface area contributed by atoms with Crippen molar-refractivity contribution in [1.29, 1.82) is 0 Å². The number of aliphatic hydroxyl groups is 1. The molecule has 1 saturated heterocycles. The molecule has 0 bridgehead atoms. The van der Waals surface area contributed by atoms with Crippen molar-refractivity contribution in [3.8, 4) is 10.6 Å². The maximum absolute atomic E-state index is 12.5. The molecule has 0 aromatic carbocycles. The van der Waals surface area contributed by atoms with Gasteiger partial charge in [-0.1, -0.05) is 6.07 Å². The predicted octanol–water partition coefficient (Wildman–Crippen LogP) is 2.01. The quantitative estimate of drug-likeness (QED) is 0.710. The molecule has 6 nitrogen and oxygen atoms in total. The number of nitrogens with one attached hydrogen (secondary N) is 2. The van der Waals surface area contributed by atoms with Gasteiger partial charge in [-0.25, -0.2) is 13.1 Å². The lowest BCUT2D eigenvalue weighted by atomic mass is 9.95. The van der Waals surface area contributed by atoms with E-state index in [1.807, 2.05) is 18.2 Å². The van der Waals surface area contributed by atoms with Crippen LogP contribution in [0.3, 0.4) is 0 Å². The Balaban J connectivity index is 0.00000225. The lowest BCUT2D eigenvalue weighted by Gasteiger charge is -2.26. The average molecular weight is 404 g/mol. The largest absolute Gasteiger partial charge is 0.388 e. The highest BCUT2D eigenvalue weighted by Gasteiger charge is 2.30. The Hall–Kier alpha value is -1.03. The number of sulfonamides is 1. The van der Waals surface area contributed by atoms with Crippen LogP contribution in [-0.4, -0.2) is 43.7 Å². The lowest BCUT2D eigenvalue weighted by Crippen LogP contribution is -2.43. The van der Waals surface area contributed by atoms with Crippen molar-refractivity contribution in [3.05, 3.63) is 36.5 Å². The Bertz CT molecular complexity index is 773. The first-order chi connectivity index (χ1) is 11.5. The van der Waals surface area contributed by atoms with E-state index in [1.54, 1.807) is 18.3 Å². The summed E-state index contributed by atoms with van der Waals surface area (Å²) in [6.45, 7) is 1.59. The van der Waals surface area contributed by atoms with Crippen LogP contribution in [0.5, 0.6) is 0 Å². The number of nitrogens with zero attached hydrogens (tertiary/aromatic N) is 1. The number of rotatable bonds is 5. The van der Waals surface area contributed by atoms with Crippen molar-refractivity contribution >= 4 is 33.8 Å². The van der Waals surface area contributed by atoms with Crippen LogP contribution >= 0.6 is 23.7 Å². The molecule has 2 aromatic rings. The lowest BCUT2D eigenvalue weighted by molar-refractivity contribution is 0.0335. The monoisotopic (exact) mass is 403 g/mol. The maximum Gasteiger partial charge on any atom is 0.250 e. The molecule has 0 aliphatic carbocycles. The van der Waals surface area contributed by atoms with Gasteiger partial charge in [0.15, 0.2) is 0 Å². The average Bonchev–Trinajstić information content (AvgIpc) is 2.99. The summed E-state index contributed by atoms with van der Waals surface area (Å²) in [5, 5.41) is 13.8. The van der Waals surface area contributed by atoms with Gasteiger partial charge < -0.3 is 10.4 Å². The molecule has 2 aromatic heterocycles. The molecule has 3 N–H and O–H groups in total. The van der Waals surface area contributed by atoms with Crippen LogP contribution < -0.4 is 10.0 Å². The molecule has 25 heavy (non-hydrogen) atoms. The zero-order valence-electron chi connectivity index (χ0n) is 13.6. The third-order valence-electron chi connectivity index (χ3n) is 4.12. The van der Waals surface area contributed by atoms with E-state index in [0.717, 1.165) is 23.5 Å². The van der Waals surface area contributed by atoms with Gasteiger partial charge in [0.05, 0.1) is 16.2 Å². The first-order valence-electron chi connectivity index (χ1n) is 7.93. The summed E-state index contributed by atoms with van der Waals surface area (Å²) in [5.41, 5.74) is -0.241. The number of halogens is 1. The highest BCUT2D eigenvalue weighted by atomic mass is 35.5. The smallest absolute Gasteiger partial charge is 0.250 e. The first kappa shape index (κ1) is 20.3. The third-order valence-corrected chi connectivity index (χ3v) is 7.12. The minimum Gasteiger partial charge on any atom is -0.388 e. The molecule has 0 amide bonds. The maximum atomic E-state index is 12.5. The van der Waals surface area contributed by atoms with E-state index in [9.17, 15) is 13.5 Å². The normalized spacial score (nSPS) is 21.3. The molecule has 3 heterocycles. The van der Waals surface area contributed by atoms with Crippen molar-refractivity contribution in [2.75, 3.05) is 19.6 Å². The SMILES string of the molecule is Cl.O=S(=O)(NCC1(O)CCCNCC1)c1ccc(-c2ccccn2)s1. The highest BCUT2D eigenvalue weighted by Crippen LogP contribution is 2.29. The molecular formula is C16H22ClN3O3S2. The van der Waals surface area contributed by atoms with E-state index in [2.05, 4.69) is 15.0 Å². The molecule has 1 fully saturated rings. The number of aromatic nitrogens is 1. The van der Waals surface area contributed by atoms with Crippen LogP contribution in [0, 0.1) is 0 Å². The Morgan fingerprint density at radius 1 is 1.24 bits per heavy atom. The van der Waals surface area contributed by atoms with E-state index in [1.165, 1.54) is 11.3 Å². The van der Waals surface area contributed by atoms with Gasteiger partial charge in [0.1, 0.15) is 4.21 Å². The van der Waals surface area contributed by atoms with Crippen LogP contribution in [-0.2, 0) is 10.0 Å². The molecule has 1 aliphatic rings. The molecule has 3 rings (SSSR count). The fourth-order valence-corrected chi connectivity index (χ4v) is 5.15. The Labute approximate surface area is 158 Å². The standard InChI is InChI=1S/C16H21N3O3S2.ClH/c20-16(7-3-9-17-11-8-16)12-19-24(21,22)15-6-5-14(23-15)13-4-1-2-10-18-13;/h1-2,4-6,10,17,19-20H,3,7-9,11-12H2;1H. The second-order valence-electron chi connectivity index (χ2n) is 5.99. The second kappa shape index (κ2) is 8.57. The van der Waals surface area contributed by atoms with Crippen LogP contribution in [0.1, 0.15) is 19.3 Å². The van der Waals surface area contributed by atoms with Crippen molar-refractivity contribution in [1.82, 2.24) is 15.0 Å². The summed E-state index contributed by atoms with van der Waals surface area (Å²) in [5.74, 6) is 0. The fraction of sp³-hybridized carbons (Fsp3) is 0.438. The fourth-order valence-electron chi connectivity index (χ4n) is 2.70. The number of hydrogen-bond acceptors (Lipinski definition) is 6. The Morgan fingerprint density at radius 3 is 2.84 bits per heavy atom. The molecule has 138 valence electrons. The van der Waals surface area contributed by atoms with Gasteiger partial charge in [-0.05, 0) is 56.6 Å². The van der Waals surface area contributed by atoms with Crippen molar-refractivity contribution in [3.63, 3.8) is 0 Å². The van der Waals surface area contributed by atoms with E-state index < -0.39 is 15.6 Å². The summed E-state index contributed by atoms with van der Waals surface area (Å²) in [4.78, 5) is 5.03. The predicted molar refractivity (Wildman–Crippen MR) is 102 cm³/mol. The molecular weight excluding hydrogens is 382 g/mol. The third kappa shape index (κ3) is 5.22. The Kier molecular flexibility index (Phi) is 6.95. The number of hydrogen-bond donors (Lipinski definition) is 3. The van der Waals surface area contributed by atoms with Crippen LogP contribution in [0.4, 0.5) is 0 Å². The van der Waals surface area contributed by atoms with Gasteiger partial charge in [-0.3, -0.25) is 4.98 Å². The number of thiophene rings is 1. The second-order valence-corrected chi connectivity index (χ2v) is 9.06. The van der Waals surface area contributed by atoms with Gasteiger partial charge in [0, 0.05) is 12.7 Å². The highest BCUT2D eigenvalue weighted by molar-refractivity contribution is 7.91. The minimum absolute atomic E-state index is 0. The summed E-state index contributed by atoms with van der Waals surface area (Å²) in [7, 11) is -3.64. The molecule has 1 atom stereocenters. The zero-order chi connectivity index (χ0) is 17.0. The van der Waals surface area contributed by atoms with Crippen molar-refractivity contribution in [2.45, 2.75) is 29.1 Å². The Morgan fingerprint density at radius 2 is 2.08 bits per heavy atom. The van der Waals surface area contributed by atoms with E-state index in [4.69, 9.17) is 0 Å². The van der Waals surface area contributed by atoms with E-state index in [-0.39, 0.29) is 23.2 Å². The van der Waals surface area contributed by atoms with Gasteiger partial charge in [0.25, 0.3) is 0 Å². The van der Waals surface area contributed by atoms with Crippen molar-refractivity contribution < 1.29 is 13.5 Å². The molecule has 1 unspecified atom stereocenters. The summed E-state index contributed by atoms with van der Waals surface area (Å²) < 4.78 is 27.8. The zero-order valence-corrected chi connectivity index (χ0v) is 16.1. The van der Waals surface area contributed by atoms with Crippen LogP contribution in [0.15, 0.2) is 40.7 Å². The summed E-state index contributed by atoms with van der Waals surface area (Å²) in [6, 6.07) is 8.86. The van der Waals surface area contributed by atoms with Crippen LogP contribution in [0.25, 0.3) is 10.6 Å². The van der Waals surface area contributed by atoms with Crippen molar-refractivity contribution in [2.24, 2.45) is 0 Å². The first-order valence-corrected chi connectivity index (χ1v) is 10.2. The summed E-state index contributed by atoms with van der Waals surface area (Å²) in [6.07, 6.45) is 3.64. The van der Waals surface area contributed by atoms with Gasteiger partial charge in [-0.2, -0.15) is 0 Å². The molecule has 0 saturated carbocycles. The van der Waals surface area contributed by atoms with Crippen LogP contribution in [0.2, 0.25) is 0 Å². The van der Waals surface area contributed by atoms with Gasteiger partial charge in [0.2, 0.25) is 10.0 Å². The molecule has 1 aliphatic heterocycles. The molecule has 0 radical (unpaired) electrons. The number of pyridine rings is 1. The topological polar surface area (TPSA) is 91.3 Å². The molecule has 9 heteroatoms. The summed E-state index contributed by atoms with van der Waals surface area (Å²) >= 11 is 1.18. The van der Waals surface area contributed by atoms with Gasteiger partial charge >= 0.3 is 0 Å². The van der Waals surface area contributed by atoms with Gasteiger partial charge in [-0.15, -0.1) is 23.7 Å². The minimum atomic E-state index is -3.64. The van der Waals surface area contributed by atoms with E-state index >= 15 is 0 Å². The molecule has 0 spiro atoms. The van der Waals surface area contributed by atoms with E-state index in [0.29, 0.717) is 19.4 Å².